The number of nitrogens with one attached hydrogen (secondary N) is 1. The van der Waals surface area contributed by atoms with Crippen LogP contribution in [0.25, 0.3) is 0 Å². The van der Waals surface area contributed by atoms with E-state index in [9.17, 15) is 0 Å². The predicted octanol–water partition coefficient (Wildman–Crippen LogP) is 8.92. The number of rotatable bonds is 10. The number of hydrogen-bond donors (Lipinski definition) is 1. The van der Waals surface area contributed by atoms with Gasteiger partial charge in [0, 0.05) is 26.1 Å². The van der Waals surface area contributed by atoms with Gasteiger partial charge in [-0.2, -0.15) is 11.8 Å². The van der Waals surface area contributed by atoms with Crippen LogP contribution < -0.4 is 5.32 Å². The van der Waals surface area contributed by atoms with Crippen LogP contribution >= 0.6 is 35.0 Å². The quantitative estimate of drug-likeness (QED) is 0.314. The van der Waals surface area contributed by atoms with E-state index in [1.807, 2.05) is 42.1 Å². The molecule has 1 N–H and O–H groups in total. The summed E-state index contributed by atoms with van der Waals surface area (Å²) in [5, 5.41) is 5.95. The summed E-state index contributed by atoms with van der Waals surface area (Å²) in [4.78, 5) is 0. The first kappa shape index (κ1) is 28.7. The molecule has 2 rings (SSSR count). The van der Waals surface area contributed by atoms with Crippen molar-refractivity contribution < 1.29 is 4.43 Å². The zero-order valence-electron chi connectivity index (χ0n) is 21.2. The minimum Gasteiger partial charge on any atom is -0.408 e. The van der Waals surface area contributed by atoms with Gasteiger partial charge >= 0.3 is 0 Å². The van der Waals surface area contributed by atoms with Crippen molar-refractivity contribution >= 4 is 44.7 Å². The van der Waals surface area contributed by atoms with Gasteiger partial charge in [0.25, 0.3) is 0 Å². The lowest BCUT2D eigenvalue weighted by Crippen LogP contribution is -2.43. The normalized spacial score (nSPS) is 16.3. The van der Waals surface area contributed by atoms with Gasteiger partial charge in [-0.05, 0) is 46.9 Å². The first-order chi connectivity index (χ1) is 15.3. The van der Waals surface area contributed by atoms with E-state index in [-0.39, 0.29) is 21.9 Å². The molecule has 4 atom stereocenters. The van der Waals surface area contributed by atoms with Gasteiger partial charge in [-0.3, -0.25) is 0 Å². The molecular weight excluding hydrogens is 485 g/mol. The highest BCUT2D eigenvalue weighted by Gasteiger charge is 2.32. The summed E-state index contributed by atoms with van der Waals surface area (Å²) in [6, 6.07) is 16.5. The molecule has 0 saturated heterocycles. The molecule has 0 spiro atoms. The molecule has 6 heteroatoms. The van der Waals surface area contributed by atoms with E-state index in [0.717, 1.165) is 27.6 Å². The van der Waals surface area contributed by atoms with E-state index in [1.54, 1.807) is 0 Å². The molecule has 0 aliphatic rings. The highest BCUT2D eigenvalue weighted by atomic mass is 35.5. The van der Waals surface area contributed by atoms with Gasteiger partial charge < -0.3 is 9.74 Å². The molecular formula is C27H39Cl2NOSSi. The molecule has 0 bridgehead atoms. The Morgan fingerprint density at radius 3 is 2.09 bits per heavy atom. The Labute approximate surface area is 218 Å². The van der Waals surface area contributed by atoms with E-state index in [0.29, 0.717) is 21.1 Å². The van der Waals surface area contributed by atoms with Crippen molar-refractivity contribution in [1.82, 2.24) is 5.32 Å². The molecule has 0 aliphatic heterocycles. The highest BCUT2D eigenvalue weighted by Crippen LogP contribution is 2.38. The average molecular weight is 525 g/mol. The van der Waals surface area contributed by atoms with Crippen molar-refractivity contribution in [2.24, 2.45) is 0 Å². The molecule has 2 nitrogen and oxygen atoms in total. The Kier molecular flexibility index (Phi) is 10.9. The van der Waals surface area contributed by atoms with Crippen molar-refractivity contribution in [3.05, 3.63) is 69.7 Å². The molecule has 2 radical (unpaired) electrons. The van der Waals surface area contributed by atoms with Crippen LogP contribution in [0.3, 0.4) is 0 Å². The maximum absolute atomic E-state index is 6.69. The van der Waals surface area contributed by atoms with Gasteiger partial charge in [-0.1, -0.05) is 103 Å². The third-order valence-corrected chi connectivity index (χ3v) is 8.02. The fraction of sp³-hybridized carbons (Fsp3) is 0.556. The largest absolute Gasteiger partial charge is 0.408 e. The summed E-state index contributed by atoms with van der Waals surface area (Å²) in [5.74, 6) is 0. The minimum atomic E-state index is -0.177. The van der Waals surface area contributed by atoms with E-state index >= 15 is 0 Å². The lowest BCUT2D eigenvalue weighted by molar-refractivity contribution is 0.146. The Balaban J connectivity index is 2.49. The lowest BCUT2D eigenvalue weighted by Gasteiger charge is -2.37. The second kappa shape index (κ2) is 12.5. The van der Waals surface area contributed by atoms with E-state index in [1.165, 1.54) is 0 Å². The van der Waals surface area contributed by atoms with E-state index < -0.39 is 0 Å². The third kappa shape index (κ3) is 9.95. The van der Waals surface area contributed by atoms with Crippen molar-refractivity contribution in [2.75, 3.05) is 0 Å². The second-order valence-electron chi connectivity index (χ2n) is 10.6. The van der Waals surface area contributed by atoms with E-state index in [4.69, 9.17) is 27.6 Å². The Morgan fingerprint density at radius 1 is 0.939 bits per heavy atom. The number of benzene rings is 2. The summed E-state index contributed by atoms with van der Waals surface area (Å²) in [6.45, 7) is 18.0. The Bertz CT molecular complexity index is 864. The van der Waals surface area contributed by atoms with Gasteiger partial charge in [0.15, 0.2) is 0 Å². The first-order valence-electron chi connectivity index (χ1n) is 11.7. The van der Waals surface area contributed by atoms with Crippen molar-refractivity contribution in [1.29, 1.82) is 0 Å². The molecule has 33 heavy (non-hydrogen) atoms. The highest BCUT2D eigenvalue weighted by molar-refractivity contribution is 8.01. The molecule has 0 unspecified atom stereocenters. The van der Waals surface area contributed by atoms with Crippen molar-refractivity contribution in [2.45, 2.75) is 95.0 Å². The van der Waals surface area contributed by atoms with Crippen LogP contribution in [0, 0.1) is 0 Å². The summed E-state index contributed by atoms with van der Waals surface area (Å²) < 4.78 is 6.88. The molecule has 182 valence electrons. The molecule has 0 amide bonds. The van der Waals surface area contributed by atoms with Crippen molar-refractivity contribution in [3.8, 4) is 0 Å². The smallest absolute Gasteiger partial charge is 0.236 e. The number of halogens is 2. The number of thioether (sulfide) groups is 1. The van der Waals surface area contributed by atoms with Gasteiger partial charge in [0.05, 0.1) is 12.1 Å². The van der Waals surface area contributed by atoms with Gasteiger partial charge in [-0.15, -0.1) is 0 Å². The second-order valence-corrected chi connectivity index (χ2v) is 15.6. The fourth-order valence-electron chi connectivity index (χ4n) is 3.74. The van der Waals surface area contributed by atoms with Crippen LogP contribution in [0.4, 0.5) is 0 Å². The molecule has 0 aromatic heterocycles. The molecule has 2 aromatic carbocycles. The lowest BCUT2D eigenvalue weighted by atomic mass is 9.94. The number of hydrogen-bond acceptors (Lipinski definition) is 3. The van der Waals surface area contributed by atoms with Gasteiger partial charge in [-0.25, -0.2) is 0 Å². The predicted molar refractivity (Wildman–Crippen MR) is 149 cm³/mol. The fourth-order valence-corrected chi connectivity index (χ4v) is 6.36. The summed E-state index contributed by atoms with van der Waals surface area (Å²) >= 11 is 14.7. The van der Waals surface area contributed by atoms with Crippen LogP contribution in [-0.4, -0.2) is 25.8 Å². The summed E-state index contributed by atoms with van der Waals surface area (Å²) in [7, 11) is 0.348. The Hall–Kier alpha value is -0.493. The van der Waals surface area contributed by atoms with E-state index in [2.05, 4.69) is 78.9 Å². The molecule has 2 aromatic rings. The maximum atomic E-state index is 6.69. The molecule has 0 heterocycles. The Morgan fingerprint density at radius 2 is 1.58 bits per heavy atom. The maximum Gasteiger partial charge on any atom is 0.236 e. The van der Waals surface area contributed by atoms with Crippen LogP contribution in [0.15, 0.2) is 48.5 Å². The first-order valence-corrected chi connectivity index (χ1v) is 14.2. The summed E-state index contributed by atoms with van der Waals surface area (Å²) in [6.07, 6.45) is 0.848. The van der Waals surface area contributed by atoms with Crippen LogP contribution in [0.1, 0.15) is 85.1 Å². The zero-order chi connectivity index (χ0) is 24.8. The molecule has 0 aliphatic carbocycles. The van der Waals surface area contributed by atoms with Crippen molar-refractivity contribution in [3.63, 3.8) is 0 Å². The van der Waals surface area contributed by atoms with Gasteiger partial charge in [0.2, 0.25) is 9.76 Å². The van der Waals surface area contributed by atoms with Gasteiger partial charge in [0.1, 0.15) is 0 Å². The monoisotopic (exact) mass is 523 g/mol. The average Bonchev–Trinajstić information content (AvgIpc) is 2.69. The standard InChI is InChI=1S/C27H39Cl2NOSSi/c1-9-23(18(2)32-26(3,4)5)30-24(19-13-15-21(28)16-14-19)25(31-33-27(6,7)8)20-11-10-12-22(29)17-20/h10-18,23-25,30H,9H2,1-8H3/t18-,23-,24+,25+/m0/s1. The SMILES string of the molecule is CC[C@H](N[C@H](c1ccc(Cl)cc1)[C@H](O[Si]C(C)(C)C)c1cccc(Cl)c1)[C@H](C)SC(C)(C)C. The van der Waals surface area contributed by atoms with Crippen LogP contribution in [0.5, 0.6) is 0 Å². The van der Waals surface area contributed by atoms with Crippen LogP contribution in [0.2, 0.25) is 15.1 Å². The third-order valence-electron chi connectivity index (χ3n) is 5.14. The zero-order valence-corrected chi connectivity index (χ0v) is 24.5. The van der Waals surface area contributed by atoms with Crippen LogP contribution in [-0.2, 0) is 4.43 Å². The molecule has 0 fully saturated rings. The minimum absolute atomic E-state index is 0.0384. The topological polar surface area (TPSA) is 21.3 Å². The summed E-state index contributed by atoms with van der Waals surface area (Å²) in [5.41, 5.74) is 2.24. The molecule has 0 saturated carbocycles.